The lowest BCUT2D eigenvalue weighted by Crippen LogP contribution is -2.04. The van der Waals surface area contributed by atoms with Crippen LogP contribution in [0.4, 0.5) is 0 Å². The number of carboxylic acids is 1. The molecule has 2 aromatic rings. The lowest BCUT2D eigenvalue weighted by Gasteiger charge is -2.04. The molecule has 0 aliphatic carbocycles. The summed E-state index contributed by atoms with van der Waals surface area (Å²) in [6.07, 6.45) is 2.09. The maximum Gasteiger partial charge on any atom is 0.303 e. The summed E-state index contributed by atoms with van der Waals surface area (Å²) in [6.45, 7) is 5.70. The lowest BCUT2D eigenvalue weighted by molar-refractivity contribution is -0.136. The second-order valence-corrected chi connectivity index (χ2v) is 4.47. The number of hydrogen-bond acceptors (Lipinski definition) is 4. The van der Waals surface area contributed by atoms with Crippen molar-refractivity contribution in [1.29, 1.82) is 0 Å². The van der Waals surface area contributed by atoms with Gasteiger partial charge in [0, 0.05) is 23.9 Å². The van der Waals surface area contributed by atoms with Crippen molar-refractivity contribution in [2.75, 3.05) is 0 Å². The molecule has 2 aromatic heterocycles. The first-order valence-electron chi connectivity index (χ1n) is 6.05. The van der Waals surface area contributed by atoms with Crippen LogP contribution in [0.15, 0.2) is 12.4 Å². The molecule has 6 nitrogen and oxygen atoms in total. The van der Waals surface area contributed by atoms with E-state index in [1.165, 1.54) is 6.33 Å². The molecule has 1 N–H and O–H groups in total. The van der Waals surface area contributed by atoms with E-state index in [-0.39, 0.29) is 6.42 Å². The van der Waals surface area contributed by atoms with E-state index in [2.05, 4.69) is 15.1 Å². The van der Waals surface area contributed by atoms with Crippen LogP contribution in [0.2, 0.25) is 0 Å². The van der Waals surface area contributed by atoms with Crippen LogP contribution in [0.3, 0.4) is 0 Å². The Balaban J connectivity index is 2.38. The van der Waals surface area contributed by atoms with Gasteiger partial charge < -0.3 is 5.11 Å². The van der Waals surface area contributed by atoms with Crippen LogP contribution in [0.25, 0.3) is 5.82 Å². The molecule has 0 amide bonds. The minimum absolute atomic E-state index is 0.107. The summed E-state index contributed by atoms with van der Waals surface area (Å²) in [5.74, 6) is -0.0981. The number of rotatable bonds is 4. The van der Waals surface area contributed by atoms with Crippen molar-refractivity contribution in [3.63, 3.8) is 0 Å². The largest absolute Gasteiger partial charge is 0.481 e. The summed E-state index contributed by atoms with van der Waals surface area (Å²) in [5, 5.41) is 13.2. The van der Waals surface area contributed by atoms with Gasteiger partial charge in [-0.25, -0.2) is 14.6 Å². The smallest absolute Gasteiger partial charge is 0.303 e. The van der Waals surface area contributed by atoms with Gasteiger partial charge in [-0.3, -0.25) is 4.79 Å². The fraction of sp³-hybridized carbons (Fsp3) is 0.385. The number of hydrogen-bond donors (Lipinski definition) is 1. The molecule has 6 heteroatoms. The average Bonchev–Trinajstić information content (AvgIpc) is 2.62. The van der Waals surface area contributed by atoms with Gasteiger partial charge in [0.25, 0.3) is 0 Å². The zero-order valence-electron chi connectivity index (χ0n) is 11.2. The molecule has 0 aliphatic rings. The number of aromatic nitrogens is 4. The lowest BCUT2D eigenvalue weighted by atomic mass is 10.1. The molecule has 0 aromatic carbocycles. The molecular formula is C13H16N4O2. The van der Waals surface area contributed by atoms with E-state index < -0.39 is 5.97 Å². The standard InChI is InChI=1S/C13H16N4O2/c1-8-6-12(15-7-14-8)17-10(3)11(9(2)16-17)4-5-13(18)19/h6-7H,4-5H2,1-3H3,(H,18,19). The van der Waals surface area contributed by atoms with Crippen molar-refractivity contribution < 1.29 is 9.90 Å². The van der Waals surface area contributed by atoms with E-state index >= 15 is 0 Å². The molecule has 100 valence electrons. The number of aliphatic carboxylic acids is 1. The zero-order chi connectivity index (χ0) is 14.0. The van der Waals surface area contributed by atoms with Crippen molar-refractivity contribution in [2.45, 2.75) is 33.6 Å². The van der Waals surface area contributed by atoms with Crippen molar-refractivity contribution in [3.05, 3.63) is 35.0 Å². The SMILES string of the molecule is Cc1cc(-n2nc(C)c(CCC(=O)O)c2C)ncn1. The van der Waals surface area contributed by atoms with Gasteiger partial charge in [0.05, 0.1) is 5.69 Å². The van der Waals surface area contributed by atoms with E-state index in [1.54, 1.807) is 4.68 Å². The molecule has 0 saturated carbocycles. The van der Waals surface area contributed by atoms with Crippen LogP contribution in [0, 0.1) is 20.8 Å². The first-order valence-corrected chi connectivity index (χ1v) is 6.05. The first kappa shape index (κ1) is 13.2. The van der Waals surface area contributed by atoms with Crippen LogP contribution in [-0.4, -0.2) is 30.8 Å². The van der Waals surface area contributed by atoms with Gasteiger partial charge in [0.15, 0.2) is 5.82 Å². The fourth-order valence-corrected chi connectivity index (χ4v) is 2.05. The Morgan fingerprint density at radius 2 is 2.05 bits per heavy atom. The molecule has 0 radical (unpaired) electrons. The summed E-state index contributed by atoms with van der Waals surface area (Å²) < 4.78 is 1.74. The van der Waals surface area contributed by atoms with Gasteiger partial charge >= 0.3 is 5.97 Å². The monoisotopic (exact) mass is 260 g/mol. The first-order chi connectivity index (χ1) is 8.99. The summed E-state index contributed by atoms with van der Waals surface area (Å²) in [5.41, 5.74) is 3.61. The van der Waals surface area contributed by atoms with E-state index in [1.807, 2.05) is 26.8 Å². The molecule has 2 rings (SSSR count). The Labute approximate surface area is 111 Å². The van der Waals surface area contributed by atoms with Crippen LogP contribution >= 0.6 is 0 Å². The predicted octanol–water partition coefficient (Wildman–Crippen LogP) is 1.60. The van der Waals surface area contributed by atoms with Crippen molar-refractivity contribution in [2.24, 2.45) is 0 Å². The number of aryl methyl sites for hydroxylation is 2. The third-order valence-corrected chi connectivity index (χ3v) is 3.04. The quantitative estimate of drug-likeness (QED) is 0.903. The third kappa shape index (κ3) is 2.78. The Kier molecular flexibility index (Phi) is 3.59. The minimum atomic E-state index is -0.801. The molecule has 0 spiro atoms. The minimum Gasteiger partial charge on any atom is -0.481 e. The van der Waals surface area contributed by atoms with Crippen LogP contribution in [0.5, 0.6) is 0 Å². The molecule has 0 unspecified atom stereocenters. The average molecular weight is 260 g/mol. The van der Waals surface area contributed by atoms with E-state index in [4.69, 9.17) is 5.11 Å². The second-order valence-electron chi connectivity index (χ2n) is 4.47. The molecule has 0 fully saturated rings. The summed E-state index contributed by atoms with van der Waals surface area (Å²) in [6, 6.07) is 1.85. The molecule has 0 bridgehead atoms. The third-order valence-electron chi connectivity index (χ3n) is 3.04. The Morgan fingerprint density at radius 3 is 2.68 bits per heavy atom. The van der Waals surface area contributed by atoms with E-state index in [9.17, 15) is 4.79 Å². The van der Waals surface area contributed by atoms with E-state index in [0.717, 1.165) is 22.6 Å². The normalized spacial score (nSPS) is 10.7. The Morgan fingerprint density at radius 1 is 1.32 bits per heavy atom. The highest BCUT2D eigenvalue weighted by Crippen LogP contribution is 2.18. The van der Waals surface area contributed by atoms with Crippen molar-refractivity contribution >= 4 is 5.97 Å². The number of nitrogens with zero attached hydrogens (tertiary/aromatic N) is 4. The number of carboxylic acid groups (broad SMARTS) is 1. The van der Waals surface area contributed by atoms with Gasteiger partial charge in [-0.15, -0.1) is 0 Å². The Hall–Kier alpha value is -2.24. The maximum absolute atomic E-state index is 10.7. The van der Waals surface area contributed by atoms with Crippen LogP contribution < -0.4 is 0 Å². The van der Waals surface area contributed by atoms with Gasteiger partial charge in [-0.2, -0.15) is 5.10 Å². The molecule has 19 heavy (non-hydrogen) atoms. The zero-order valence-corrected chi connectivity index (χ0v) is 11.2. The van der Waals surface area contributed by atoms with Gasteiger partial charge in [-0.05, 0) is 32.8 Å². The summed E-state index contributed by atoms with van der Waals surface area (Å²) in [7, 11) is 0. The summed E-state index contributed by atoms with van der Waals surface area (Å²) in [4.78, 5) is 18.9. The highest BCUT2D eigenvalue weighted by Gasteiger charge is 2.14. The fourth-order valence-electron chi connectivity index (χ4n) is 2.05. The van der Waals surface area contributed by atoms with Crippen LogP contribution in [-0.2, 0) is 11.2 Å². The Bertz CT molecular complexity index is 619. The second kappa shape index (κ2) is 5.17. The van der Waals surface area contributed by atoms with Crippen molar-refractivity contribution in [1.82, 2.24) is 19.7 Å². The van der Waals surface area contributed by atoms with Crippen molar-refractivity contribution in [3.8, 4) is 5.82 Å². The highest BCUT2D eigenvalue weighted by atomic mass is 16.4. The topological polar surface area (TPSA) is 80.9 Å². The maximum atomic E-state index is 10.7. The van der Waals surface area contributed by atoms with Gasteiger partial charge in [-0.1, -0.05) is 0 Å². The number of carbonyl (C=O) groups is 1. The molecule has 0 aliphatic heterocycles. The molecule has 2 heterocycles. The molecular weight excluding hydrogens is 244 g/mol. The van der Waals surface area contributed by atoms with Gasteiger partial charge in [0.2, 0.25) is 0 Å². The highest BCUT2D eigenvalue weighted by molar-refractivity contribution is 5.67. The van der Waals surface area contributed by atoms with Crippen LogP contribution in [0.1, 0.15) is 29.1 Å². The van der Waals surface area contributed by atoms with E-state index in [0.29, 0.717) is 12.2 Å². The molecule has 0 saturated heterocycles. The summed E-state index contributed by atoms with van der Waals surface area (Å²) >= 11 is 0. The molecule has 0 atom stereocenters. The van der Waals surface area contributed by atoms with Gasteiger partial charge in [0.1, 0.15) is 6.33 Å². The predicted molar refractivity (Wildman–Crippen MR) is 69.3 cm³/mol.